The van der Waals surface area contributed by atoms with Gasteiger partial charge in [0.15, 0.2) is 0 Å². The minimum atomic E-state index is -1.44. The highest BCUT2D eigenvalue weighted by Gasteiger charge is 2.32. The van der Waals surface area contributed by atoms with Gasteiger partial charge >= 0.3 is 5.97 Å². The largest absolute Gasteiger partial charge is 0.480 e. The maximum absolute atomic E-state index is 14.2. The number of benzene rings is 3. The zero-order valence-corrected chi connectivity index (χ0v) is 28.1. The maximum atomic E-state index is 14.2. The van der Waals surface area contributed by atoms with Gasteiger partial charge in [0.1, 0.15) is 18.1 Å². The predicted octanol–water partition coefficient (Wildman–Crippen LogP) is 2.29. The molecule has 0 radical (unpaired) electrons. The SMILES string of the molecule is NC(=O)CCC(NC(=O)C(Cc1c[nH]c2ccccc12)NC(=O)C(Cc1c[nH]c2ccccc12)NC(=O)C(N)Cc1c[nH]c2ccccc12)C(=O)O. The number of carboxylic acids is 1. The van der Waals surface area contributed by atoms with Crippen LogP contribution in [0.2, 0.25) is 0 Å². The van der Waals surface area contributed by atoms with Crippen LogP contribution in [0.1, 0.15) is 29.5 Å². The number of rotatable bonds is 16. The molecule has 0 aliphatic carbocycles. The molecule has 0 aliphatic rings. The van der Waals surface area contributed by atoms with Crippen LogP contribution in [0.25, 0.3) is 32.7 Å². The highest BCUT2D eigenvalue weighted by atomic mass is 16.4. The van der Waals surface area contributed by atoms with E-state index in [1.54, 1.807) is 18.6 Å². The first-order valence-corrected chi connectivity index (χ1v) is 16.9. The van der Waals surface area contributed by atoms with E-state index in [4.69, 9.17) is 11.5 Å². The molecule has 6 aromatic rings. The number of carbonyl (C=O) groups excluding carboxylic acids is 4. The number of amides is 4. The van der Waals surface area contributed by atoms with E-state index >= 15 is 0 Å². The van der Waals surface area contributed by atoms with E-state index < -0.39 is 53.8 Å². The van der Waals surface area contributed by atoms with Crippen LogP contribution in [0.15, 0.2) is 91.4 Å². The van der Waals surface area contributed by atoms with Gasteiger partial charge in [0.2, 0.25) is 23.6 Å². The van der Waals surface area contributed by atoms with Crippen molar-refractivity contribution in [3.8, 4) is 0 Å². The third kappa shape index (κ3) is 8.13. The summed E-state index contributed by atoms with van der Waals surface area (Å²) in [6.07, 6.45) is 5.01. The lowest BCUT2D eigenvalue weighted by Gasteiger charge is -2.25. The Kier molecular flexibility index (Phi) is 10.7. The molecule has 14 nitrogen and oxygen atoms in total. The third-order valence-corrected chi connectivity index (χ3v) is 9.21. The minimum Gasteiger partial charge on any atom is -0.480 e. The summed E-state index contributed by atoms with van der Waals surface area (Å²) in [5.74, 6) is -4.12. The number of aromatic nitrogens is 3. The van der Waals surface area contributed by atoms with Crippen molar-refractivity contribution in [3.63, 3.8) is 0 Å². The standard InChI is InChI=1S/C38H40N8O6/c39-27(15-21-18-41-28-10-4-1-7-24(21)28)35(48)45-32(16-22-19-42-29-11-5-2-8-25(22)29)37(50)46-33(17-23-20-43-30-12-6-3-9-26(23)30)36(49)44-31(38(51)52)13-14-34(40)47/h1-12,18-20,27,31-33,41-43H,13-17,39H2,(H2,40,47)(H,44,49)(H,45,48)(H,46,50)(H,51,52). The number of primary amides is 1. The van der Waals surface area contributed by atoms with Gasteiger partial charge in [0, 0.05) is 70.6 Å². The second-order valence-electron chi connectivity index (χ2n) is 12.8. The quantitative estimate of drug-likeness (QED) is 0.0727. The van der Waals surface area contributed by atoms with Crippen molar-refractivity contribution in [1.29, 1.82) is 0 Å². The number of para-hydroxylation sites is 3. The van der Waals surface area contributed by atoms with Gasteiger partial charge in [-0.2, -0.15) is 0 Å². The second-order valence-corrected chi connectivity index (χ2v) is 12.8. The number of aromatic amines is 3. The van der Waals surface area contributed by atoms with Crippen LogP contribution >= 0.6 is 0 Å². The molecular weight excluding hydrogens is 664 g/mol. The first-order chi connectivity index (χ1) is 25.1. The fraction of sp³-hybridized carbons (Fsp3) is 0.237. The lowest BCUT2D eigenvalue weighted by atomic mass is 10.00. The molecule has 268 valence electrons. The lowest BCUT2D eigenvalue weighted by Crippen LogP contribution is -2.58. The Morgan fingerprint density at radius 3 is 1.38 bits per heavy atom. The number of aliphatic carboxylic acids is 1. The number of carbonyl (C=O) groups is 5. The van der Waals surface area contributed by atoms with Gasteiger partial charge in [0.25, 0.3) is 0 Å². The topological polar surface area (TPSA) is 241 Å². The highest BCUT2D eigenvalue weighted by Crippen LogP contribution is 2.22. The highest BCUT2D eigenvalue weighted by molar-refractivity contribution is 5.96. The zero-order valence-electron chi connectivity index (χ0n) is 28.1. The van der Waals surface area contributed by atoms with E-state index in [-0.39, 0.29) is 32.1 Å². The van der Waals surface area contributed by atoms with Crippen molar-refractivity contribution in [2.45, 2.75) is 56.3 Å². The third-order valence-electron chi connectivity index (χ3n) is 9.21. The number of H-pyrrole nitrogens is 3. The summed E-state index contributed by atoms with van der Waals surface area (Å²) in [5.41, 5.74) is 16.5. The van der Waals surface area contributed by atoms with Crippen LogP contribution < -0.4 is 27.4 Å². The number of fused-ring (bicyclic) bond motifs is 3. The van der Waals surface area contributed by atoms with Crippen molar-refractivity contribution in [3.05, 3.63) is 108 Å². The Bertz CT molecular complexity index is 2250. The summed E-state index contributed by atoms with van der Waals surface area (Å²) in [6.45, 7) is 0. The molecule has 3 heterocycles. The molecular formula is C38H40N8O6. The van der Waals surface area contributed by atoms with Crippen molar-refractivity contribution < 1.29 is 29.1 Å². The molecule has 6 rings (SSSR count). The fourth-order valence-electron chi connectivity index (χ4n) is 6.46. The maximum Gasteiger partial charge on any atom is 0.326 e. The Hall–Kier alpha value is -6.41. The predicted molar refractivity (Wildman–Crippen MR) is 196 cm³/mol. The summed E-state index contributed by atoms with van der Waals surface area (Å²) >= 11 is 0. The molecule has 0 spiro atoms. The fourth-order valence-corrected chi connectivity index (χ4v) is 6.46. The van der Waals surface area contributed by atoms with Gasteiger partial charge in [-0.1, -0.05) is 54.6 Å². The van der Waals surface area contributed by atoms with Gasteiger partial charge in [-0.3, -0.25) is 19.2 Å². The average molecular weight is 705 g/mol. The Morgan fingerprint density at radius 1 is 0.577 bits per heavy atom. The number of hydrogen-bond donors (Lipinski definition) is 9. The Balaban J connectivity index is 1.27. The summed E-state index contributed by atoms with van der Waals surface area (Å²) in [5, 5.41) is 20.4. The van der Waals surface area contributed by atoms with Crippen LogP contribution in [0.5, 0.6) is 0 Å². The molecule has 0 fully saturated rings. The van der Waals surface area contributed by atoms with Gasteiger partial charge in [0.05, 0.1) is 6.04 Å². The molecule has 0 saturated heterocycles. The molecule has 0 bridgehead atoms. The van der Waals surface area contributed by atoms with Crippen molar-refractivity contribution in [2.75, 3.05) is 0 Å². The molecule has 3 aromatic carbocycles. The van der Waals surface area contributed by atoms with Crippen molar-refractivity contribution in [1.82, 2.24) is 30.9 Å². The van der Waals surface area contributed by atoms with Crippen molar-refractivity contribution >= 4 is 62.3 Å². The normalized spacial score (nSPS) is 13.7. The van der Waals surface area contributed by atoms with E-state index in [9.17, 15) is 29.1 Å². The molecule has 3 aromatic heterocycles. The van der Waals surface area contributed by atoms with Crippen LogP contribution in [0, 0.1) is 0 Å². The molecule has 11 N–H and O–H groups in total. The molecule has 4 atom stereocenters. The molecule has 0 saturated carbocycles. The second kappa shape index (κ2) is 15.6. The van der Waals surface area contributed by atoms with Crippen LogP contribution in [0.4, 0.5) is 0 Å². The molecule has 52 heavy (non-hydrogen) atoms. The monoisotopic (exact) mass is 704 g/mol. The van der Waals surface area contributed by atoms with E-state index in [1.165, 1.54) is 0 Å². The summed E-state index contributed by atoms with van der Waals surface area (Å²) < 4.78 is 0. The molecule has 4 amide bonds. The lowest BCUT2D eigenvalue weighted by molar-refractivity contribution is -0.142. The molecule has 14 heteroatoms. The number of nitrogens with one attached hydrogen (secondary N) is 6. The van der Waals surface area contributed by atoms with Gasteiger partial charge in [-0.15, -0.1) is 0 Å². The van der Waals surface area contributed by atoms with Crippen LogP contribution in [0.3, 0.4) is 0 Å². The number of carboxylic acid groups (broad SMARTS) is 1. The van der Waals surface area contributed by atoms with E-state index in [2.05, 4.69) is 30.9 Å². The first kappa shape index (κ1) is 35.4. The van der Waals surface area contributed by atoms with Crippen LogP contribution in [-0.4, -0.2) is 73.8 Å². The summed E-state index contributed by atoms with van der Waals surface area (Å²) in [7, 11) is 0. The average Bonchev–Trinajstić information content (AvgIpc) is 3.86. The molecule has 4 unspecified atom stereocenters. The number of hydrogen-bond acceptors (Lipinski definition) is 6. The van der Waals surface area contributed by atoms with E-state index in [0.717, 1.165) is 43.8 Å². The van der Waals surface area contributed by atoms with Gasteiger partial charge in [-0.25, -0.2) is 4.79 Å². The zero-order chi connectivity index (χ0) is 36.8. The van der Waals surface area contributed by atoms with Crippen LogP contribution in [-0.2, 0) is 43.2 Å². The smallest absolute Gasteiger partial charge is 0.326 e. The minimum absolute atomic E-state index is 0.0163. The first-order valence-electron chi connectivity index (χ1n) is 16.9. The van der Waals surface area contributed by atoms with E-state index in [1.807, 2.05) is 72.8 Å². The van der Waals surface area contributed by atoms with Gasteiger partial charge in [-0.05, 0) is 47.7 Å². The van der Waals surface area contributed by atoms with E-state index in [0.29, 0.717) is 5.56 Å². The van der Waals surface area contributed by atoms with Crippen molar-refractivity contribution in [2.24, 2.45) is 11.5 Å². The Labute approximate surface area is 297 Å². The summed E-state index contributed by atoms with van der Waals surface area (Å²) in [6, 6.07) is 17.7. The Morgan fingerprint density at radius 2 is 0.962 bits per heavy atom. The van der Waals surface area contributed by atoms with Gasteiger partial charge < -0.3 is 47.5 Å². The molecule has 0 aliphatic heterocycles. The number of nitrogens with two attached hydrogens (primary N) is 2. The summed E-state index contributed by atoms with van der Waals surface area (Å²) in [4.78, 5) is 74.7.